The lowest BCUT2D eigenvalue weighted by atomic mass is 10.0. The van der Waals surface area contributed by atoms with Gasteiger partial charge in [-0.25, -0.2) is 8.42 Å². The molecule has 1 N–H and O–H groups in total. The van der Waals surface area contributed by atoms with Crippen LogP contribution in [0.4, 0.5) is 5.69 Å². The first-order chi connectivity index (χ1) is 22.0. The average Bonchev–Trinajstić information content (AvgIpc) is 3.03. The van der Waals surface area contributed by atoms with Gasteiger partial charge in [-0.3, -0.25) is 13.9 Å². The lowest BCUT2D eigenvalue weighted by Crippen LogP contribution is -2.54. The monoisotopic (exact) mass is 705 g/mol. The summed E-state index contributed by atoms with van der Waals surface area (Å²) in [6.07, 6.45) is 0.250. The molecule has 0 saturated carbocycles. The number of nitrogens with zero attached hydrogens (tertiary/aromatic N) is 2. The molecular weight excluding hydrogens is 666 g/mol. The molecule has 0 saturated heterocycles. The minimum absolute atomic E-state index is 0.0289. The number of sulfonamides is 1. The molecule has 0 heterocycles. The maximum atomic E-state index is 14.6. The van der Waals surface area contributed by atoms with Gasteiger partial charge >= 0.3 is 0 Å². The van der Waals surface area contributed by atoms with Crippen molar-refractivity contribution < 1.29 is 22.7 Å². The summed E-state index contributed by atoms with van der Waals surface area (Å²) in [5, 5.41) is 2.98. The molecule has 4 aromatic carbocycles. The highest BCUT2D eigenvalue weighted by Gasteiger charge is 2.35. The highest BCUT2D eigenvalue weighted by Crippen LogP contribution is 2.28. The van der Waals surface area contributed by atoms with Crippen molar-refractivity contribution in [2.45, 2.75) is 57.6 Å². The first kappa shape index (κ1) is 34.7. The van der Waals surface area contributed by atoms with E-state index in [1.165, 1.54) is 17.0 Å². The van der Waals surface area contributed by atoms with Crippen molar-refractivity contribution in [3.63, 3.8) is 0 Å². The number of nitrogens with one attached hydrogen (secondary N) is 1. The number of anilines is 1. The van der Waals surface area contributed by atoms with Gasteiger partial charge in [-0.05, 0) is 92.9 Å². The largest absolute Gasteiger partial charge is 0.494 e. The third kappa shape index (κ3) is 8.98. The van der Waals surface area contributed by atoms with Gasteiger partial charge < -0.3 is 15.0 Å². The predicted molar refractivity (Wildman–Crippen MR) is 185 cm³/mol. The Morgan fingerprint density at radius 3 is 2.11 bits per heavy atom. The third-order valence-corrected chi connectivity index (χ3v) is 9.74. The van der Waals surface area contributed by atoms with Gasteiger partial charge in [-0.2, -0.15) is 0 Å². The van der Waals surface area contributed by atoms with E-state index in [0.29, 0.717) is 18.0 Å². The summed E-state index contributed by atoms with van der Waals surface area (Å²) in [7, 11) is -4.21. The molecule has 4 aromatic rings. The van der Waals surface area contributed by atoms with E-state index in [0.717, 1.165) is 25.5 Å². The molecule has 0 aromatic heterocycles. The molecule has 4 rings (SSSR count). The number of hydrogen-bond donors (Lipinski definition) is 1. The molecule has 1 atom stereocenters. The Bertz CT molecular complexity index is 1710. The van der Waals surface area contributed by atoms with Crippen molar-refractivity contribution in [1.82, 2.24) is 10.2 Å². The number of halogens is 1. The van der Waals surface area contributed by atoms with Crippen LogP contribution in [0.1, 0.15) is 37.5 Å². The summed E-state index contributed by atoms with van der Waals surface area (Å²) < 4.78 is 35.8. The Morgan fingerprint density at radius 1 is 0.870 bits per heavy atom. The SMILES string of the molecule is CCOc1ccc(N(CC(=O)N(Cc2ccccc2C)C(Cc2ccccc2)C(=O)NC(C)C)S(=O)(=O)c2ccc(Br)cc2)cc1. The number of ether oxygens (including phenoxy) is 1. The van der Waals surface area contributed by atoms with Crippen LogP contribution in [0.25, 0.3) is 0 Å². The first-order valence-corrected chi connectivity index (χ1v) is 17.4. The van der Waals surface area contributed by atoms with Crippen LogP contribution in [-0.4, -0.2) is 50.4 Å². The zero-order valence-corrected chi connectivity index (χ0v) is 28.9. The minimum atomic E-state index is -4.21. The molecule has 1 unspecified atom stereocenters. The fraction of sp³-hybridized carbons (Fsp3) is 0.278. The van der Waals surface area contributed by atoms with E-state index in [-0.39, 0.29) is 29.8 Å². The van der Waals surface area contributed by atoms with Gasteiger partial charge in [-0.1, -0.05) is 70.5 Å². The van der Waals surface area contributed by atoms with Gasteiger partial charge in [0, 0.05) is 23.5 Å². The second-order valence-electron chi connectivity index (χ2n) is 11.2. The van der Waals surface area contributed by atoms with E-state index >= 15 is 0 Å². The van der Waals surface area contributed by atoms with Gasteiger partial charge in [0.2, 0.25) is 11.8 Å². The number of hydrogen-bond acceptors (Lipinski definition) is 5. The van der Waals surface area contributed by atoms with Crippen LogP contribution in [-0.2, 0) is 32.6 Å². The second-order valence-corrected chi connectivity index (χ2v) is 14.0. The predicted octanol–water partition coefficient (Wildman–Crippen LogP) is 6.52. The van der Waals surface area contributed by atoms with Crippen molar-refractivity contribution in [3.05, 3.63) is 124 Å². The molecular formula is C36H40BrN3O5S. The normalized spacial score (nSPS) is 12.0. The molecule has 2 amide bonds. The summed E-state index contributed by atoms with van der Waals surface area (Å²) in [5.41, 5.74) is 2.98. The number of amides is 2. The van der Waals surface area contributed by atoms with Gasteiger partial charge in [-0.15, -0.1) is 0 Å². The third-order valence-electron chi connectivity index (χ3n) is 7.42. The van der Waals surface area contributed by atoms with Crippen LogP contribution in [0, 0.1) is 6.92 Å². The van der Waals surface area contributed by atoms with Crippen LogP contribution in [0.5, 0.6) is 5.75 Å². The standard InChI is InChI=1S/C36H40BrN3O5S/c1-5-45-32-19-17-31(18-20-32)40(46(43,44)33-21-15-30(37)16-22-33)25-35(41)39(24-29-14-10-9-11-27(29)4)34(36(42)38-26(2)3)23-28-12-7-6-8-13-28/h6-22,26,34H,5,23-25H2,1-4H3,(H,38,42). The second kappa shape index (κ2) is 15.9. The number of carbonyl (C=O) groups excluding carboxylic acids is 2. The van der Waals surface area contributed by atoms with Crippen LogP contribution >= 0.6 is 15.9 Å². The van der Waals surface area contributed by atoms with Gasteiger partial charge in [0.05, 0.1) is 17.2 Å². The molecule has 0 fully saturated rings. The lowest BCUT2D eigenvalue weighted by molar-refractivity contribution is -0.140. The Kier molecular flexibility index (Phi) is 12.0. The number of carbonyl (C=O) groups is 2. The summed E-state index contributed by atoms with van der Waals surface area (Å²) in [5.74, 6) is -0.255. The Labute approximate surface area is 280 Å². The van der Waals surface area contributed by atoms with Gasteiger partial charge in [0.25, 0.3) is 10.0 Å². The minimum Gasteiger partial charge on any atom is -0.494 e. The van der Waals surface area contributed by atoms with Crippen molar-refractivity contribution in [2.24, 2.45) is 0 Å². The Morgan fingerprint density at radius 2 is 1.50 bits per heavy atom. The molecule has 0 aliphatic rings. The van der Waals surface area contributed by atoms with Crippen LogP contribution < -0.4 is 14.4 Å². The van der Waals surface area contributed by atoms with E-state index in [1.807, 2.05) is 82.3 Å². The van der Waals surface area contributed by atoms with E-state index in [9.17, 15) is 18.0 Å². The van der Waals surface area contributed by atoms with E-state index in [4.69, 9.17) is 4.74 Å². The zero-order chi connectivity index (χ0) is 33.3. The highest BCUT2D eigenvalue weighted by atomic mass is 79.9. The van der Waals surface area contributed by atoms with Crippen molar-refractivity contribution >= 4 is 43.5 Å². The van der Waals surface area contributed by atoms with Crippen LogP contribution in [0.15, 0.2) is 112 Å². The van der Waals surface area contributed by atoms with Crippen LogP contribution in [0.2, 0.25) is 0 Å². The van der Waals surface area contributed by atoms with Crippen LogP contribution in [0.3, 0.4) is 0 Å². The van der Waals surface area contributed by atoms with E-state index < -0.39 is 28.5 Å². The summed E-state index contributed by atoms with van der Waals surface area (Å²) >= 11 is 3.37. The molecule has 10 heteroatoms. The quantitative estimate of drug-likeness (QED) is 0.161. The molecule has 8 nitrogen and oxygen atoms in total. The highest BCUT2D eigenvalue weighted by molar-refractivity contribution is 9.10. The molecule has 0 bridgehead atoms. The summed E-state index contributed by atoms with van der Waals surface area (Å²) in [6.45, 7) is 7.58. The maximum Gasteiger partial charge on any atom is 0.264 e. The van der Waals surface area contributed by atoms with Gasteiger partial charge in [0.1, 0.15) is 18.3 Å². The van der Waals surface area contributed by atoms with Crippen molar-refractivity contribution in [1.29, 1.82) is 0 Å². The molecule has 242 valence electrons. The van der Waals surface area contributed by atoms with Crippen molar-refractivity contribution in [3.8, 4) is 5.75 Å². The molecule has 46 heavy (non-hydrogen) atoms. The van der Waals surface area contributed by atoms with E-state index in [2.05, 4.69) is 21.2 Å². The Balaban J connectivity index is 1.81. The number of benzene rings is 4. The lowest BCUT2D eigenvalue weighted by Gasteiger charge is -2.34. The van der Waals surface area contributed by atoms with Gasteiger partial charge in [0.15, 0.2) is 0 Å². The smallest absolute Gasteiger partial charge is 0.264 e. The number of rotatable bonds is 14. The average molecular weight is 707 g/mol. The molecule has 0 aliphatic heterocycles. The first-order valence-electron chi connectivity index (χ1n) is 15.2. The molecule has 0 spiro atoms. The van der Waals surface area contributed by atoms with Crippen molar-refractivity contribution in [2.75, 3.05) is 17.5 Å². The Hall–Kier alpha value is -4.15. The molecule has 0 aliphatic carbocycles. The summed E-state index contributed by atoms with van der Waals surface area (Å²) in [6, 6.07) is 28.9. The fourth-order valence-electron chi connectivity index (χ4n) is 5.04. The summed E-state index contributed by atoms with van der Waals surface area (Å²) in [4.78, 5) is 29.9. The zero-order valence-electron chi connectivity index (χ0n) is 26.5. The van der Waals surface area contributed by atoms with E-state index in [1.54, 1.807) is 36.4 Å². The topological polar surface area (TPSA) is 96.0 Å². The number of aryl methyl sites for hydroxylation is 1. The maximum absolute atomic E-state index is 14.6. The molecule has 0 radical (unpaired) electrons. The fourth-order valence-corrected chi connectivity index (χ4v) is 6.72.